The van der Waals surface area contributed by atoms with E-state index in [9.17, 15) is 4.79 Å². The van der Waals surface area contributed by atoms with Crippen molar-refractivity contribution in [2.24, 2.45) is 0 Å². The lowest BCUT2D eigenvalue weighted by atomic mass is 10.2. The molecule has 12 heavy (non-hydrogen) atoms. The molecule has 4 heteroatoms. The highest BCUT2D eigenvalue weighted by atomic mass is 16.7. The summed E-state index contributed by atoms with van der Waals surface area (Å²) in [6, 6.07) is 1.78. The van der Waals surface area contributed by atoms with E-state index in [0.29, 0.717) is 24.3 Å². The van der Waals surface area contributed by atoms with Gasteiger partial charge in [-0.15, -0.1) is 0 Å². The van der Waals surface area contributed by atoms with Crippen molar-refractivity contribution < 1.29 is 14.3 Å². The Morgan fingerprint density at radius 2 is 2.50 bits per heavy atom. The van der Waals surface area contributed by atoms with Gasteiger partial charge in [0.05, 0.1) is 6.61 Å². The predicted octanol–water partition coefficient (Wildman–Crippen LogP) is 0.761. The average molecular weight is 165 g/mol. The molecule has 0 radical (unpaired) electrons. The third kappa shape index (κ3) is 1.06. The second-order valence-corrected chi connectivity index (χ2v) is 2.41. The van der Waals surface area contributed by atoms with Crippen molar-refractivity contribution >= 4 is 6.29 Å². The molecular weight excluding hydrogens is 158 g/mol. The Hall–Kier alpha value is -1.42. The van der Waals surface area contributed by atoms with Crippen LogP contribution < -0.4 is 4.74 Å². The lowest BCUT2D eigenvalue weighted by Gasteiger charge is -2.17. The van der Waals surface area contributed by atoms with Crippen LogP contribution in [0.5, 0.6) is 5.75 Å². The molecule has 0 aromatic carbocycles. The Morgan fingerprint density at radius 1 is 1.58 bits per heavy atom. The van der Waals surface area contributed by atoms with Crippen LogP contribution in [0.3, 0.4) is 0 Å². The Labute approximate surface area is 69.1 Å². The molecule has 0 aliphatic carbocycles. The zero-order chi connectivity index (χ0) is 8.39. The molecule has 2 rings (SSSR count). The van der Waals surface area contributed by atoms with E-state index >= 15 is 0 Å². The van der Waals surface area contributed by atoms with Gasteiger partial charge in [0.1, 0.15) is 5.69 Å². The van der Waals surface area contributed by atoms with E-state index in [0.717, 1.165) is 5.56 Å². The Morgan fingerprint density at radius 3 is 3.33 bits per heavy atom. The van der Waals surface area contributed by atoms with Crippen LogP contribution in [-0.4, -0.2) is 18.1 Å². The largest absolute Gasteiger partial charge is 0.465 e. The quantitative estimate of drug-likeness (QED) is 0.576. The number of hydrogen-bond acceptors (Lipinski definition) is 4. The third-order valence-corrected chi connectivity index (χ3v) is 1.67. The molecule has 0 fully saturated rings. The van der Waals surface area contributed by atoms with Gasteiger partial charge in [-0.25, -0.2) is 4.98 Å². The van der Waals surface area contributed by atoms with Gasteiger partial charge in [0, 0.05) is 11.8 Å². The number of carbonyl (C=O) groups excluding carboxylic acids is 1. The van der Waals surface area contributed by atoms with E-state index in [1.54, 1.807) is 12.3 Å². The first-order valence-corrected chi connectivity index (χ1v) is 3.55. The number of rotatable bonds is 1. The third-order valence-electron chi connectivity index (χ3n) is 1.67. The molecule has 2 heterocycles. The molecule has 1 aromatic rings. The summed E-state index contributed by atoms with van der Waals surface area (Å²) in [5, 5.41) is 0. The summed E-state index contributed by atoms with van der Waals surface area (Å²) < 4.78 is 10.2. The molecular formula is C8H7NO3. The molecule has 0 spiro atoms. The van der Waals surface area contributed by atoms with Crippen molar-refractivity contribution in [1.29, 1.82) is 0 Å². The smallest absolute Gasteiger partial charge is 0.189 e. The zero-order valence-electron chi connectivity index (χ0n) is 6.32. The SMILES string of the molecule is O=Cc1nccc2c1OCOC2. The Kier molecular flexibility index (Phi) is 1.75. The summed E-state index contributed by atoms with van der Waals surface area (Å²) in [5.41, 5.74) is 1.22. The lowest BCUT2D eigenvalue weighted by molar-refractivity contribution is -0.0170. The number of ether oxygens (including phenoxy) is 2. The van der Waals surface area contributed by atoms with E-state index in [1.807, 2.05) is 0 Å². The minimum absolute atomic E-state index is 0.194. The monoisotopic (exact) mass is 165 g/mol. The lowest BCUT2D eigenvalue weighted by Crippen LogP contribution is -2.13. The van der Waals surface area contributed by atoms with Crippen molar-refractivity contribution in [2.45, 2.75) is 6.61 Å². The minimum atomic E-state index is 0.194. The molecule has 0 amide bonds. The molecule has 0 N–H and O–H groups in total. The second kappa shape index (κ2) is 2.91. The fourth-order valence-corrected chi connectivity index (χ4v) is 1.12. The Balaban J connectivity index is 2.51. The van der Waals surface area contributed by atoms with Crippen molar-refractivity contribution in [2.75, 3.05) is 6.79 Å². The maximum absolute atomic E-state index is 10.5. The first-order chi connectivity index (χ1) is 5.92. The summed E-state index contributed by atoms with van der Waals surface area (Å²) >= 11 is 0. The predicted molar refractivity (Wildman–Crippen MR) is 39.9 cm³/mol. The zero-order valence-corrected chi connectivity index (χ0v) is 6.32. The number of nitrogens with zero attached hydrogens (tertiary/aromatic N) is 1. The summed E-state index contributed by atoms with van der Waals surface area (Å²) in [7, 11) is 0. The van der Waals surface area contributed by atoms with E-state index < -0.39 is 0 Å². The van der Waals surface area contributed by atoms with Gasteiger partial charge in [-0.1, -0.05) is 0 Å². The molecule has 62 valence electrons. The average Bonchev–Trinajstić information content (AvgIpc) is 2.17. The minimum Gasteiger partial charge on any atom is -0.465 e. The van der Waals surface area contributed by atoms with Crippen LogP contribution in [0, 0.1) is 0 Å². The van der Waals surface area contributed by atoms with Crippen molar-refractivity contribution in [1.82, 2.24) is 4.98 Å². The summed E-state index contributed by atoms with van der Waals surface area (Å²) in [6.45, 7) is 0.679. The number of aromatic nitrogens is 1. The van der Waals surface area contributed by atoms with Crippen LogP contribution in [0.2, 0.25) is 0 Å². The summed E-state index contributed by atoms with van der Waals surface area (Å²) in [4.78, 5) is 14.4. The van der Waals surface area contributed by atoms with Gasteiger partial charge in [-0.05, 0) is 6.07 Å². The first kappa shape index (κ1) is 7.24. The number of aldehydes is 1. The maximum atomic E-state index is 10.5. The van der Waals surface area contributed by atoms with Gasteiger partial charge < -0.3 is 9.47 Å². The van der Waals surface area contributed by atoms with Crippen LogP contribution in [0.1, 0.15) is 16.1 Å². The van der Waals surface area contributed by atoms with Crippen molar-refractivity contribution in [3.8, 4) is 5.75 Å². The first-order valence-electron chi connectivity index (χ1n) is 3.55. The van der Waals surface area contributed by atoms with Crippen LogP contribution in [-0.2, 0) is 11.3 Å². The molecule has 1 aliphatic rings. The van der Waals surface area contributed by atoms with E-state index in [1.165, 1.54) is 0 Å². The number of carbonyl (C=O) groups is 1. The highest BCUT2D eigenvalue weighted by Crippen LogP contribution is 2.24. The van der Waals surface area contributed by atoms with E-state index in [-0.39, 0.29) is 6.79 Å². The number of pyridine rings is 1. The summed E-state index contributed by atoms with van der Waals surface area (Å²) in [5.74, 6) is 0.554. The molecule has 0 saturated heterocycles. The fourth-order valence-electron chi connectivity index (χ4n) is 1.12. The topological polar surface area (TPSA) is 48.4 Å². The molecule has 0 bridgehead atoms. The molecule has 0 unspecified atom stereocenters. The van der Waals surface area contributed by atoms with Gasteiger partial charge in [-0.3, -0.25) is 4.79 Å². The van der Waals surface area contributed by atoms with Crippen molar-refractivity contribution in [3.05, 3.63) is 23.5 Å². The van der Waals surface area contributed by atoms with E-state index in [4.69, 9.17) is 9.47 Å². The van der Waals surface area contributed by atoms with Crippen LogP contribution in [0.15, 0.2) is 12.3 Å². The molecule has 1 aliphatic heterocycles. The van der Waals surface area contributed by atoms with Gasteiger partial charge in [-0.2, -0.15) is 0 Å². The maximum Gasteiger partial charge on any atom is 0.189 e. The molecule has 0 saturated carbocycles. The number of hydrogen-bond donors (Lipinski definition) is 0. The van der Waals surface area contributed by atoms with Crippen molar-refractivity contribution in [3.63, 3.8) is 0 Å². The van der Waals surface area contributed by atoms with Crippen LogP contribution in [0.25, 0.3) is 0 Å². The van der Waals surface area contributed by atoms with Gasteiger partial charge in [0.2, 0.25) is 0 Å². The standard InChI is InChI=1S/C8H7NO3/c10-3-7-8-6(1-2-9-7)4-11-5-12-8/h1-3H,4-5H2. The van der Waals surface area contributed by atoms with E-state index in [2.05, 4.69) is 4.98 Å². The van der Waals surface area contributed by atoms with Gasteiger partial charge >= 0.3 is 0 Å². The van der Waals surface area contributed by atoms with Crippen LogP contribution in [0.4, 0.5) is 0 Å². The molecule has 0 atom stereocenters. The molecule has 4 nitrogen and oxygen atoms in total. The summed E-state index contributed by atoms with van der Waals surface area (Å²) in [6.07, 6.45) is 2.25. The highest BCUT2D eigenvalue weighted by molar-refractivity contribution is 5.77. The van der Waals surface area contributed by atoms with Crippen LogP contribution >= 0.6 is 0 Å². The second-order valence-electron chi connectivity index (χ2n) is 2.41. The highest BCUT2D eigenvalue weighted by Gasteiger charge is 2.14. The Bertz CT molecular complexity index is 311. The molecule has 1 aromatic heterocycles. The number of fused-ring (bicyclic) bond motifs is 1. The normalized spacial score (nSPS) is 14.7. The van der Waals surface area contributed by atoms with Gasteiger partial charge in [0.25, 0.3) is 0 Å². The van der Waals surface area contributed by atoms with Gasteiger partial charge in [0.15, 0.2) is 18.8 Å². The fraction of sp³-hybridized carbons (Fsp3) is 0.250.